The van der Waals surface area contributed by atoms with E-state index in [1.54, 1.807) is 0 Å². The molecule has 1 saturated carbocycles. The van der Waals surface area contributed by atoms with E-state index in [4.69, 9.17) is 4.74 Å². The van der Waals surface area contributed by atoms with Gasteiger partial charge in [-0.05, 0) is 24.0 Å². The normalized spacial score (nSPS) is 20.3. The van der Waals surface area contributed by atoms with E-state index >= 15 is 0 Å². The minimum absolute atomic E-state index is 0.238. The molecule has 1 aliphatic carbocycles. The van der Waals surface area contributed by atoms with Crippen molar-refractivity contribution in [3.8, 4) is 0 Å². The van der Waals surface area contributed by atoms with Gasteiger partial charge < -0.3 is 10.1 Å². The number of carbonyl (C=O) groups excluding carboxylic acids is 1. The maximum Gasteiger partial charge on any atom is 0.223 e. The van der Waals surface area contributed by atoms with Crippen LogP contribution in [0.1, 0.15) is 43.2 Å². The van der Waals surface area contributed by atoms with Crippen LogP contribution in [0, 0.1) is 5.92 Å². The lowest BCUT2D eigenvalue weighted by atomic mass is 9.88. The van der Waals surface area contributed by atoms with Crippen LogP contribution in [-0.2, 0) is 22.6 Å². The van der Waals surface area contributed by atoms with Crippen molar-refractivity contribution in [1.29, 1.82) is 0 Å². The van der Waals surface area contributed by atoms with E-state index in [0.29, 0.717) is 6.54 Å². The second kappa shape index (κ2) is 8.46. The van der Waals surface area contributed by atoms with E-state index in [0.717, 1.165) is 45.7 Å². The van der Waals surface area contributed by atoms with Crippen LogP contribution in [0.5, 0.6) is 0 Å². The molecular weight excluding hydrogens is 288 g/mol. The van der Waals surface area contributed by atoms with Crippen LogP contribution < -0.4 is 5.32 Å². The van der Waals surface area contributed by atoms with Gasteiger partial charge in [-0.1, -0.05) is 43.5 Å². The minimum atomic E-state index is 0.238. The lowest BCUT2D eigenvalue weighted by Crippen LogP contribution is -2.35. The van der Waals surface area contributed by atoms with Gasteiger partial charge in [-0.2, -0.15) is 0 Å². The van der Waals surface area contributed by atoms with Crippen LogP contribution >= 0.6 is 0 Å². The fourth-order valence-electron chi connectivity index (χ4n) is 3.48. The summed E-state index contributed by atoms with van der Waals surface area (Å²) in [5.74, 6) is 0.478. The molecule has 126 valence electrons. The van der Waals surface area contributed by atoms with Crippen molar-refractivity contribution in [2.24, 2.45) is 5.92 Å². The SMILES string of the molecule is O=C(NCc1ccc(CN2CCOCC2)cc1)C1CCCCC1. The smallest absolute Gasteiger partial charge is 0.223 e. The summed E-state index contributed by atoms with van der Waals surface area (Å²) in [5, 5.41) is 3.10. The van der Waals surface area contributed by atoms with Crippen LogP contribution in [0.4, 0.5) is 0 Å². The molecule has 0 unspecified atom stereocenters. The monoisotopic (exact) mass is 316 g/mol. The zero-order chi connectivity index (χ0) is 15.9. The van der Waals surface area contributed by atoms with Gasteiger partial charge >= 0.3 is 0 Å². The zero-order valence-corrected chi connectivity index (χ0v) is 13.9. The molecule has 23 heavy (non-hydrogen) atoms. The van der Waals surface area contributed by atoms with Crippen LogP contribution in [0.2, 0.25) is 0 Å². The highest BCUT2D eigenvalue weighted by Gasteiger charge is 2.20. The molecule has 1 heterocycles. The van der Waals surface area contributed by atoms with Gasteiger partial charge in [0.25, 0.3) is 0 Å². The Bertz CT molecular complexity index is 489. The Morgan fingerprint density at radius 1 is 1.04 bits per heavy atom. The predicted octanol–water partition coefficient (Wildman–Crippen LogP) is 2.72. The topological polar surface area (TPSA) is 41.6 Å². The fourth-order valence-corrected chi connectivity index (χ4v) is 3.48. The molecule has 1 amide bonds. The molecule has 3 rings (SSSR count). The summed E-state index contributed by atoms with van der Waals surface area (Å²) in [6.45, 7) is 5.33. The molecule has 1 saturated heterocycles. The average Bonchev–Trinajstić information content (AvgIpc) is 2.62. The first kappa shape index (κ1) is 16.5. The number of rotatable bonds is 5. The summed E-state index contributed by atoms with van der Waals surface area (Å²) in [6.07, 6.45) is 5.81. The molecule has 1 aromatic carbocycles. The summed E-state index contributed by atoms with van der Waals surface area (Å²) < 4.78 is 5.38. The van der Waals surface area contributed by atoms with Crippen molar-refractivity contribution in [2.75, 3.05) is 26.3 Å². The molecule has 0 bridgehead atoms. The molecule has 0 spiro atoms. The van der Waals surface area contributed by atoms with Gasteiger partial charge in [0.15, 0.2) is 0 Å². The maximum atomic E-state index is 12.2. The molecule has 2 aliphatic rings. The quantitative estimate of drug-likeness (QED) is 0.908. The number of nitrogens with zero attached hydrogens (tertiary/aromatic N) is 1. The first-order valence-corrected chi connectivity index (χ1v) is 8.97. The Morgan fingerprint density at radius 2 is 1.70 bits per heavy atom. The molecule has 1 aromatic rings. The van der Waals surface area contributed by atoms with Crippen molar-refractivity contribution < 1.29 is 9.53 Å². The predicted molar refractivity (Wildman–Crippen MR) is 91.0 cm³/mol. The van der Waals surface area contributed by atoms with Gasteiger partial charge in [0.2, 0.25) is 5.91 Å². The highest BCUT2D eigenvalue weighted by atomic mass is 16.5. The van der Waals surface area contributed by atoms with Crippen LogP contribution in [0.25, 0.3) is 0 Å². The molecule has 4 nitrogen and oxygen atoms in total. The molecule has 0 radical (unpaired) electrons. The maximum absolute atomic E-state index is 12.2. The lowest BCUT2D eigenvalue weighted by molar-refractivity contribution is -0.126. The Morgan fingerprint density at radius 3 is 2.39 bits per heavy atom. The van der Waals surface area contributed by atoms with Crippen molar-refractivity contribution in [3.05, 3.63) is 35.4 Å². The minimum Gasteiger partial charge on any atom is -0.379 e. The third-order valence-electron chi connectivity index (χ3n) is 4.98. The van der Waals surface area contributed by atoms with E-state index in [-0.39, 0.29) is 11.8 Å². The van der Waals surface area contributed by atoms with E-state index in [1.165, 1.54) is 30.4 Å². The molecule has 0 atom stereocenters. The lowest BCUT2D eigenvalue weighted by Gasteiger charge is -2.26. The number of ether oxygens (including phenoxy) is 1. The summed E-state index contributed by atoms with van der Waals surface area (Å²) in [5.41, 5.74) is 2.51. The average molecular weight is 316 g/mol. The van der Waals surface area contributed by atoms with Gasteiger partial charge in [-0.3, -0.25) is 9.69 Å². The van der Waals surface area contributed by atoms with Gasteiger partial charge in [-0.25, -0.2) is 0 Å². The summed E-state index contributed by atoms with van der Waals surface area (Å²) in [6, 6.07) is 8.63. The number of carbonyl (C=O) groups is 1. The standard InChI is InChI=1S/C19H28N2O2/c22-19(18-4-2-1-3-5-18)20-14-16-6-8-17(9-7-16)15-21-10-12-23-13-11-21/h6-9,18H,1-5,10-15H2,(H,20,22). The number of hydrogen-bond acceptors (Lipinski definition) is 3. The number of benzene rings is 1. The molecule has 4 heteroatoms. The molecule has 1 N–H and O–H groups in total. The van der Waals surface area contributed by atoms with Crippen molar-refractivity contribution in [3.63, 3.8) is 0 Å². The van der Waals surface area contributed by atoms with E-state index in [2.05, 4.69) is 34.5 Å². The van der Waals surface area contributed by atoms with E-state index in [1.807, 2.05) is 0 Å². The highest BCUT2D eigenvalue weighted by molar-refractivity contribution is 5.78. The van der Waals surface area contributed by atoms with Crippen molar-refractivity contribution in [2.45, 2.75) is 45.2 Å². The summed E-state index contributed by atoms with van der Waals surface area (Å²) in [7, 11) is 0. The van der Waals surface area contributed by atoms with E-state index < -0.39 is 0 Å². The second-order valence-electron chi connectivity index (χ2n) is 6.76. The number of amides is 1. The Balaban J connectivity index is 1.44. The second-order valence-corrected chi connectivity index (χ2v) is 6.76. The Hall–Kier alpha value is -1.39. The zero-order valence-electron chi connectivity index (χ0n) is 13.9. The van der Waals surface area contributed by atoms with Crippen molar-refractivity contribution in [1.82, 2.24) is 10.2 Å². The van der Waals surface area contributed by atoms with Gasteiger partial charge in [0, 0.05) is 32.1 Å². The Labute approximate surface area is 139 Å². The summed E-state index contributed by atoms with van der Waals surface area (Å²) >= 11 is 0. The first-order chi connectivity index (χ1) is 11.3. The molecule has 0 aromatic heterocycles. The van der Waals surface area contributed by atoms with E-state index in [9.17, 15) is 4.79 Å². The van der Waals surface area contributed by atoms with Crippen LogP contribution in [0.3, 0.4) is 0 Å². The van der Waals surface area contributed by atoms with Gasteiger partial charge in [-0.15, -0.1) is 0 Å². The largest absolute Gasteiger partial charge is 0.379 e. The Kier molecular flexibility index (Phi) is 6.06. The molecule has 2 fully saturated rings. The number of nitrogens with one attached hydrogen (secondary N) is 1. The third kappa shape index (κ3) is 5.05. The van der Waals surface area contributed by atoms with Gasteiger partial charge in [0.05, 0.1) is 13.2 Å². The van der Waals surface area contributed by atoms with Gasteiger partial charge in [0.1, 0.15) is 0 Å². The van der Waals surface area contributed by atoms with Crippen molar-refractivity contribution >= 4 is 5.91 Å². The highest BCUT2D eigenvalue weighted by Crippen LogP contribution is 2.23. The summed E-state index contributed by atoms with van der Waals surface area (Å²) in [4.78, 5) is 14.6. The number of morpholine rings is 1. The van der Waals surface area contributed by atoms with Crippen LogP contribution in [0.15, 0.2) is 24.3 Å². The molecular formula is C19H28N2O2. The van der Waals surface area contributed by atoms with Crippen LogP contribution in [-0.4, -0.2) is 37.1 Å². The fraction of sp³-hybridized carbons (Fsp3) is 0.632. The number of hydrogen-bond donors (Lipinski definition) is 1. The first-order valence-electron chi connectivity index (χ1n) is 8.97. The molecule has 1 aliphatic heterocycles. The third-order valence-corrected chi connectivity index (χ3v) is 4.98.